The van der Waals surface area contributed by atoms with Crippen LogP contribution in [0.3, 0.4) is 0 Å². The van der Waals surface area contributed by atoms with Crippen molar-refractivity contribution in [3.8, 4) is 0 Å². The first-order valence-corrected chi connectivity index (χ1v) is 6.38. The lowest BCUT2D eigenvalue weighted by molar-refractivity contribution is -0.120. The van der Waals surface area contributed by atoms with E-state index in [-0.39, 0.29) is 5.91 Å². The molecule has 0 saturated carbocycles. The topological polar surface area (TPSA) is 47.6 Å². The predicted molar refractivity (Wildman–Crippen MR) is 70.1 cm³/mol. The van der Waals surface area contributed by atoms with Crippen LogP contribution in [0.2, 0.25) is 0 Å². The van der Waals surface area contributed by atoms with E-state index in [1.54, 1.807) is 0 Å². The Bertz CT molecular complexity index is 245. The van der Waals surface area contributed by atoms with Crippen LogP contribution in [0.4, 0.5) is 0 Å². The number of rotatable bonds is 5. The van der Waals surface area contributed by atoms with Crippen LogP contribution in [0, 0.1) is 0 Å². The van der Waals surface area contributed by atoms with Crippen molar-refractivity contribution in [1.29, 1.82) is 0 Å². The van der Waals surface area contributed by atoms with Crippen molar-refractivity contribution in [1.82, 2.24) is 20.4 Å². The van der Waals surface area contributed by atoms with Gasteiger partial charge in [0.15, 0.2) is 0 Å². The summed E-state index contributed by atoms with van der Waals surface area (Å²) in [5.41, 5.74) is 0. The van der Waals surface area contributed by atoms with Crippen LogP contribution in [0.25, 0.3) is 0 Å². The van der Waals surface area contributed by atoms with Crippen molar-refractivity contribution in [3.63, 3.8) is 0 Å². The van der Waals surface area contributed by atoms with Crippen molar-refractivity contribution >= 4 is 5.91 Å². The van der Waals surface area contributed by atoms with Gasteiger partial charge in [0.2, 0.25) is 5.91 Å². The first kappa shape index (κ1) is 14.4. The highest BCUT2D eigenvalue weighted by Gasteiger charge is 2.22. The Morgan fingerprint density at radius 2 is 2.06 bits per heavy atom. The Kier molecular flexibility index (Phi) is 5.88. The maximum absolute atomic E-state index is 11.6. The van der Waals surface area contributed by atoms with E-state index in [9.17, 15) is 4.79 Å². The molecule has 1 amide bonds. The molecular formula is C12H26N4O. The lowest BCUT2D eigenvalue weighted by Crippen LogP contribution is -2.55. The zero-order valence-corrected chi connectivity index (χ0v) is 11.5. The number of likely N-dealkylation sites (N-methyl/N-ethyl adjacent to an activating group) is 2. The smallest absolute Gasteiger partial charge is 0.234 e. The van der Waals surface area contributed by atoms with Gasteiger partial charge < -0.3 is 15.5 Å². The summed E-state index contributed by atoms with van der Waals surface area (Å²) in [6.45, 7) is 8.42. The minimum absolute atomic E-state index is 0.0836. The molecule has 0 spiro atoms. The van der Waals surface area contributed by atoms with Gasteiger partial charge in [0.25, 0.3) is 0 Å². The maximum atomic E-state index is 11.6. The SMILES string of the molecule is CC(C)NCC(=O)NCC1CN(C)CCN1C. The van der Waals surface area contributed by atoms with Gasteiger partial charge >= 0.3 is 0 Å². The second kappa shape index (κ2) is 6.93. The summed E-state index contributed by atoms with van der Waals surface area (Å²) >= 11 is 0. The van der Waals surface area contributed by atoms with Gasteiger partial charge in [0.1, 0.15) is 0 Å². The largest absolute Gasteiger partial charge is 0.353 e. The molecule has 17 heavy (non-hydrogen) atoms. The lowest BCUT2D eigenvalue weighted by atomic mass is 10.2. The summed E-state index contributed by atoms with van der Waals surface area (Å²) in [4.78, 5) is 16.2. The van der Waals surface area contributed by atoms with Crippen molar-refractivity contribution in [2.24, 2.45) is 0 Å². The van der Waals surface area contributed by atoms with Gasteiger partial charge in [-0.1, -0.05) is 13.8 Å². The fourth-order valence-electron chi connectivity index (χ4n) is 1.91. The zero-order chi connectivity index (χ0) is 12.8. The molecule has 1 unspecified atom stereocenters. The Morgan fingerprint density at radius 3 is 2.71 bits per heavy atom. The average Bonchev–Trinajstić information content (AvgIpc) is 2.27. The average molecular weight is 242 g/mol. The van der Waals surface area contributed by atoms with E-state index < -0.39 is 0 Å². The molecule has 1 aliphatic heterocycles. The van der Waals surface area contributed by atoms with E-state index in [0.29, 0.717) is 18.6 Å². The highest BCUT2D eigenvalue weighted by Crippen LogP contribution is 2.04. The first-order valence-electron chi connectivity index (χ1n) is 6.38. The molecule has 1 rings (SSSR count). The molecule has 1 fully saturated rings. The highest BCUT2D eigenvalue weighted by atomic mass is 16.1. The summed E-state index contributed by atoms with van der Waals surface area (Å²) in [5, 5.41) is 6.11. The van der Waals surface area contributed by atoms with E-state index in [1.807, 2.05) is 13.8 Å². The maximum Gasteiger partial charge on any atom is 0.234 e. The van der Waals surface area contributed by atoms with E-state index in [4.69, 9.17) is 0 Å². The van der Waals surface area contributed by atoms with Gasteiger partial charge in [-0.05, 0) is 14.1 Å². The third kappa shape index (κ3) is 5.48. The normalized spacial score (nSPS) is 23.0. The van der Waals surface area contributed by atoms with Crippen LogP contribution in [-0.2, 0) is 4.79 Å². The van der Waals surface area contributed by atoms with Gasteiger partial charge in [0.05, 0.1) is 6.54 Å². The monoisotopic (exact) mass is 242 g/mol. The number of piperazine rings is 1. The van der Waals surface area contributed by atoms with Crippen LogP contribution in [-0.4, -0.2) is 74.6 Å². The number of hydrogen-bond donors (Lipinski definition) is 2. The quantitative estimate of drug-likeness (QED) is 0.672. The minimum atomic E-state index is 0.0836. The number of nitrogens with one attached hydrogen (secondary N) is 2. The number of amides is 1. The number of hydrogen-bond acceptors (Lipinski definition) is 4. The molecule has 1 saturated heterocycles. The minimum Gasteiger partial charge on any atom is -0.353 e. The van der Waals surface area contributed by atoms with Gasteiger partial charge in [-0.15, -0.1) is 0 Å². The Labute approximate surface area is 105 Å². The van der Waals surface area contributed by atoms with Crippen molar-refractivity contribution in [2.75, 3.05) is 46.8 Å². The molecule has 0 radical (unpaired) electrons. The molecule has 0 aromatic rings. The Balaban J connectivity index is 2.22. The van der Waals surface area contributed by atoms with Crippen LogP contribution in [0.15, 0.2) is 0 Å². The molecule has 100 valence electrons. The third-order valence-electron chi connectivity index (χ3n) is 3.19. The van der Waals surface area contributed by atoms with E-state index >= 15 is 0 Å². The van der Waals surface area contributed by atoms with Crippen LogP contribution < -0.4 is 10.6 Å². The van der Waals surface area contributed by atoms with Crippen LogP contribution in [0.1, 0.15) is 13.8 Å². The van der Waals surface area contributed by atoms with Crippen LogP contribution in [0.5, 0.6) is 0 Å². The van der Waals surface area contributed by atoms with Gasteiger partial charge in [-0.2, -0.15) is 0 Å². The molecule has 1 atom stereocenters. The van der Waals surface area contributed by atoms with Gasteiger partial charge in [-0.3, -0.25) is 9.69 Å². The van der Waals surface area contributed by atoms with Gasteiger partial charge in [0, 0.05) is 38.3 Å². The highest BCUT2D eigenvalue weighted by molar-refractivity contribution is 5.78. The Morgan fingerprint density at radius 1 is 1.35 bits per heavy atom. The summed E-state index contributed by atoms with van der Waals surface area (Å²) in [6.07, 6.45) is 0. The molecule has 1 heterocycles. The molecule has 5 nitrogen and oxygen atoms in total. The zero-order valence-electron chi connectivity index (χ0n) is 11.5. The van der Waals surface area contributed by atoms with Crippen LogP contribution >= 0.6 is 0 Å². The molecule has 1 aliphatic rings. The molecule has 5 heteroatoms. The summed E-state index contributed by atoms with van der Waals surface area (Å²) in [6, 6.07) is 0.779. The molecule has 2 N–H and O–H groups in total. The fraction of sp³-hybridized carbons (Fsp3) is 0.917. The van der Waals surface area contributed by atoms with Crippen molar-refractivity contribution < 1.29 is 4.79 Å². The second-order valence-electron chi connectivity index (χ2n) is 5.24. The van der Waals surface area contributed by atoms with E-state index in [2.05, 4.69) is 34.5 Å². The van der Waals surface area contributed by atoms with Crippen molar-refractivity contribution in [2.45, 2.75) is 25.9 Å². The van der Waals surface area contributed by atoms with E-state index in [0.717, 1.165) is 26.2 Å². The van der Waals surface area contributed by atoms with Gasteiger partial charge in [-0.25, -0.2) is 0 Å². The summed E-state index contributed by atoms with van der Waals surface area (Å²) in [5.74, 6) is 0.0836. The third-order valence-corrected chi connectivity index (χ3v) is 3.19. The molecular weight excluding hydrogens is 216 g/mol. The summed E-state index contributed by atoms with van der Waals surface area (Å²) < 4.78 is 0. The molecule has 0 bridgehead atoms. The predicted octanol–water partition coefficient (Wildman–Crippen LogP) is -0.654. The van der Waals surface area contributed by atoms with Crippen molar-refractivity contribution in [3.05, 3.63) is 0 Å². The molecule has 0 aromatic carbocycles. The fourth-order valence-corrected chi connectivity index (χ4v) is 1.91. The molecule has 0 aliphatic carbocycles. The van der Waals surface area contributed by atoms with E-state index in [1.165, 1.54) is 0 Å². The Hall–Kier alpha value is -0.650. The second-order valence-corrected chi connectivity index (χ2v) is 5.24. The first-order chi connectivity index (χ1) is 7.99. The summed E-state index contributed by atoms with van der Waals surface area (Å²) in [7, 11) is 4.25. The number of carbonyl (C=O) groups excluding carboxylic acids is 1. The number of nitrogens with zero attached hydrogens (tertiary/aromatic N) is 2. The standard InChI is InChI=1S/C12H26N4O/c1-10(2)13-8-12(17)14-7-11-9-15(3)5-6-16(11)4/h10-11,13H,5-9H2,1-4H3,(H,14,17). The molecule has 0 aromatic heterocycles. The number of carbonyl (C=O) groups is 1. The lowest BCUT2D eigenvalue weighted by Gasteiger charge is -2.37.